The third kappa shape index (κ3) is 3.51. The van der Waals surface area contributed by atoms with Gasteiger partial charge < -0.3 is 14.5 Å². The monoisotopic (exact) mass is 300 g/mol. The number of benzene rings is 1. The Hall–Kier alpha value is -2.11. The predicted octanol–water partition coefficient (Wildman–Crippen LogP) is 3.70. The number of nitrogens with zero attached hydrogens (tertiary/aromatic N) is 1. The van der Waals surface area contributed by atoms with E-state index in [1.807, 2.05) is 36.7 Å². The van der Waals surface area contributed by atoms with Crippen molar-refractivity contribution in [3.05, 3.63) is 59.3 Å². The third-order valence-corrected chi connectivity index (χ3v) is 3.88. The van der Waals surface area contributed by atoms with Crippen LogP contribution in [0.15, 0.2) is 52.5 Å². The molecule has 0 saturated carbocycles. The minimum Gasteiger partial charge on any atom is -0.487 e. The van der Waals surface area contributed by atoms with Gasteiger partial charge in [-0.1, -0.05) is 12.1 Å². The summed E-state index contributed by atoms with van der Waals surface area (Å²) in [5, 5.41) is 5.99. The zero-order chi connectivity index (χ0) is 14.5. The lowest BCUT2D eigenvalue weighted by Gasteiger charge is -2.05. The number of hydrogen-bond acceptors (Lipinski definition) is 5. The van der Waals surface area contributed by atoms with Gasteiger partial charge in [-0.05, 0) is 36.9 Å². The van der Waals surface area contributed by atoms with E-state index in [2.05, 4.69) is 22.4 Å². The average molecular weight is 300 g/mol. The van der Waals surface area contributed by atoms with Crippen LogP contribution in [0.25, 0.3) is 10.8 Å². The molecular formula is C16H16N2O2S. The lowest BCUT2D eigenvalue weighted by molar-refractivity contribution is 0.302. The first-order valence-corrected chi connectivity index (χ1v) is 7.58. The lowest BCUT2D eigenvalue weighted by atomic mass is 10.2. The van der Waals surface area contributed by atoms with Gasteiger partial charge in [0.25, 0.3) is 0 Å². The first kappa shape index (κ1) is 13.9. The highest BCUT2D eigenvalue weighted by atomic mass is 32.1. The number of nitrogens with one attached hydrogen (secondary N) is 1. The summed E-state index contributed by atoms with van der Waals surface area (Å²) in [4.78, 5) is 4.50. The van der Waals surface area contributed by atoms with Crippen LogP contribution in [-0.4, -0.2) is 12.0 Å². The van der Waals surface area contributed by atoms with Gasteiger partial charge in [0.15, 0.2) is 10.8 Å². The van der Waals surface area contributed by atoms with Gasteiger partial charge in [-0.3, -0.25) is 0 Å². The summed E-state index contributed by atoms with van der Waals surface area (Å²) in [7, 11) is 1.93. The van der Waals surface area contributed by atoms with E-state index in [1.165, 1.54) is 5.56 Å². The van der Waals surface area contributed by atoms with Crippen LogP contribution in [0, 0.1) is 0 Å². The third-order valence-electron chi connectivity index (χ3n) is 2.97. The molecule has 108 valence electrons. The largest absolute Gasteiger partial charge is 0.487 e. The second-order valence-electron chi connectivity index (χ2n) is 4.58. The van der Waals surface area contributed by atoms with Gasteiger partial charge in [-0.2, -0.15) is 0 Å². The normalized spacial score (nSPS) is 10.7. The molecule has 0 bridgehead atoms. The standard InChI is InChI=1S/C16H16N2O2S/c1-17-9-12-4-6-14(7-5-12)20-10-13-11-21-16(18-13)15-3-2-8-19-15/h2-8,11,17H,9-10H2,1H3. The maximum atomic E-state index is 5.75. The summed E-state index contributed by atoms with van der Waals surface area (Å²) in [5.74, 6) is 1.64. The van der Waals surface area contributed by atoms with Gasteiger partial charge in [-0.15, -0.1) is 11.3 Å². The molecule has 5 heteroatoms. The molecule has 0 spiro atoms. The second kappa shape index (κ2) is 6.56. The predicted molar refractivity (Wildman–Crippen MR) is 83.4 cm³/mol. The highest BCUT2D eigenvalue weighted by Gasteiger charge is 2.07. The molecule has 0 amide bonds. The van der Waals surface area contributed by atoms with Crippen molar-refractivity contribution in [3.8, 4) is 16.5 Å². The summed E-state index contributed by atoms with van der Waals surface area (Å²) in [6.07, 6.45) is 1.65. The van der Waals surface area contributed by atoms with Gasteiger partial charge in [0.1, 0.15) is 12.4 Å². The van der Waals surface area contributed by atoms with Crippen LogP contribution < -0.4 is 10.1 Å². The smallest absolute Gasteiger partial charge is 0.162 e. The fourth-order valence-corrected chi connectivity index (χ4v) is 2.72. The quantitative estimate of drug-likeness (QED) is 0.754. The molecule has 3 rings (SSSR count). The van der Waals surface area contributed by atoms with Crippen LogP contribution in [-0.2, 0) is 13.2 Å². The first-order valence-electron chi connectivity index (χ1n) is 6.70. The van der Waals surface area contributed by atoms with Gasteiger partial charge >= 0.3 is 0 Å². The van der Waals surface area contributed by atoms with Crippen molar-refractivity contribution in [1.82, 2.24) is 10.3 Å². The Morgan fingerprint density at radius 1 is 1.24 bits per heavy atom. The van der Waals surface area contributed by atoms with E-state index in [1.54, 1.807) is 17.6 Å². The van der Waals surface area contributed by atoms with E-state index < -0.39 is 0 Å². The van der Waals surface area contributed by atoms with Crippen molar-refractivity contribution >= 4 is 11.3 Å². The van der Waals surface area contributed by atoms with Crippen LogP contribution in [0.2, 0.25) is 0 Å². The maximum absolute atomic E-state index is 5.75. The van der Waals surface area contributed by atoms with Gasteiger partial charge in [0, 0.05) is 11.9 Å². The average Bonchev–Trinajstić information content (AvgIpc) is 3.18. The van der Waals surface area contributed by atoms with Crippen molar-refractivity contribution < 1.29 is 9.15 Å². The molecule has 0 atom stereocenters. The van der Waals surface area contributed by atoms with E-state index >= 15 is 0 Å². The Kier molecular flexibility index (Phi) is 4.33. The fraction of sp³-hybridized carbons (Fsp3) is 0.188. The van der Waals surface area contributed by atoms with Crippen molar-refractivity contribution in [2.45, 2.75) is 13.2 Å². The molecule has 0 aliphatic carbocycles. The summed E-state index contributed by atoms with van der Waals surface area (Å²) in [6.45, 7) is 1.32. The molecule has 21 heavy (non-hydrogen) atoms. The first-order chi connectivity index (χ1) is 10.3. The van der Waals surface area contributed by atoms with Crippen LogP contribution in [0.4, 0.5) is 0 Å². The molecule has 2 heterocycles. The molecule has 1 N–H and O–H groups in total. The minimum absolute atomic E-state index is 0.461. The molecule has 0 fully saturated rings. The molecule has 3 aromatic rings. The molecule has 0 aliphatic rings. The zero-order valence-electron chi connectivity index (χ0n) is 11.7. The summed E-state index contributed by atoms with van der Waals surface area (Å²) >= 11 is 1.56. The second-order valence-corrected chi connectivity index (χ2v) is 5.44. The Bertz CT molecular complexity index is 675. The molecule has 1 aromatic carbocycles. The lowest BCUT2D eigenvalue weighted by Crippen LogP contribution is -2.04. The van der Waals surface area contributed by atoms with Crippen molar-refractivity contribution in [2.75, 3.05) is 7.05 Å². The summed E-state index contributed by atoms with van der Waals surface area (Å²) in [6, 6.07) is 11.8. The van der Waals surface area contributed by atoms with Gasteiger partial charge in [0.2, 0.25) is 0 Å². The number of ether oxygens (including phenoxy) is 1. The Morgan fingerprint density at radius 3 is 2.81 bits per heavy atom. The number of hydrogen-bond donors (Lipinski definition) is 1. The Labute approximate surface area is 127 Å². The zero-order valence-corrected chi connectivity index (χ0v) is 12.5. The minimum atomic E-state index is 0.461. The van der Waals surface area contributed by atoms with Crippen molar-refractivity contribution in [1.29, 1.82) is 0 Å². The van der Waals surface area contributed by atoms with Crippen LogP contribution in [0.3, 0.4) is 0 Å². The number of thiazole rings is 1. The highest BCUT2D eigenvalue weighted by Crippen LogP contribution is 2.24. The number of furan rings is 1. The Morgan fingerprint density at radius 2 is 2.10 bits per heavy atom. The molecule has 0 saturated heterocycles. The van der Waals surface area contributed by atoms with Crippen LogP contribution >= 0.6 is 11.3 Å². The van der Waals surface area contributed by atoms with E-state index in [9.17, 15) is 0 Å². The molecular weight excluding hydrogens is 284 g/mol. The van der Waals surface area contributed by atoms with Gasteiger partial charge in [-0.25, -0.2) is 4.98 Å². The van der Waals surface area contributed by atoms with Crippen molar-refractivity contribution in [2.24, 2.45) is 0 Å². The summed E-state index contributed by atoms with van der Waals surface area (Å²) in [5.41, 5.74) is 2.14. The Balaban J connectivity index is 1.60. The van der Waals surface area contributed by atoms with E-state index in [-0.39, 0.29) is 0 Å². The van der Waals surface area contributed by atoms with Gasteiger partial charge in [0.05, 0.1) is 12.0 Å². The molecule has 4 nitrogen and oxygen atoms in total. The van der Waals surface area contributed by atoms with Crippen molar-refractivity contribution in [3.63, 3.8) is 0 Å². The van der Waals surface area contributed by atoms with E-state index in [0.717, 1.165) is 28.8 Å². The van der Waals surface area contributed by atoms with E-state index in [0.29, 0.717) is 6.61 Å². The SMILES string of the molecule is CNCc1ccc(OCc2csc(-c3ccco3)n2)cc1. The number of aromatic nitrogens is 1. The van der Waals surface area contributed by atoms with E-state index in [4.69, 9.17) is 9.15 Å². The molecule has 0 radical (unpaired) electrons. The fourth-order valence-electron chi connectivity index (χ4n) is 1.95. The maximum Gasteiger partial charge on any atom is 0.162 e. The molecule has 0 unspecified atom stereocenters. The highest BCUT2D eigenvalue weighted by molar-refractivity contribution is 7.13. The number of rotatable bonds is 6. The summed E-state index contributed by atoms with van der Waals surface area (Å²) < 4.78 is 11.1. The van der Waals surface area contributed by atoms with Crippen LogP contribution in [0.5, 0.6) is 5.75 Å². The van der Waals surface area contributed by atoms with Crippen LogP contribution in [0.1, 0.15) is 11.3 Å². The topological polar surface area (TPSA) is 47.3 Å². The molecule has 2 aromatic heterocycles. The molecule has 0 aliphatic heterocycles.